The highest BCUT2D eigenvalue weighted by Crippen LogP contribution is 2.34. The van der Waals surface area contributed by atoms with Crippen LogP contribution < -0.4 is 0 Å². The summed E-state index contributed by atoms with van der Waals surface area (Å²) in [5, 5.41) is 0. The zero-order chi connectivity index (χ0) is 17.8. The summed E-state index contributed by atoms with van der Waals surface area (Å²) in [6, 6.07) is 2.71. The first-order chi connectivity index (χ1) is 9.77. The van der Waals surface area contributed by atoms with Crippen molar-refractivity contribution in [2.24, 2.45) is 0 Å². The maximum atomic E-state index is 9.75. The van der Waals surface area contributed by atoms with Crippen LogP contribution in [0.5, 0.6) is 0 Å². The number of hydrogen-bond donors (Lipinski definition) is 0. The van der Waals surface area contributed by atoms with Gasteiger partial charge in [0, 0.05) is 24.2 Å². The lowest BCUT2D eigenvalue weighted by molar-refractivity contribution is 0.145. The van der Waals surface area contributed by atoms with Gasteiger partial charge in [0.25, 0.3) is 6.08 Å². The van der Waals surface area contributed by atoms with Crippen LogP contribution in [0.15, 0.2) is 5.70 Å². The predicted octanol–water partition coefficient (Wildman–Crippen LogP) is 4.59. The summed E-state index contributed by atoms with van der Waals surface area (Å²) < 4.78 is 39.0. The first kappa shape index (κ1) is 21.2. The molecule has 1 rings (SSSR count). The van der Waals surface area contributed by atoms with E-state index in [2.05, 4.69) is 71.3 Å². The first-order valence-corrected chi connectivity index (χ1v) is 7.83. The molecule has 0 aromatic heterocycles. The number of rotatable bonds is 6. The van der Waals surface area contributed by atoms with E-state index in [9.17, 15) is 17.3 Å². The van der Waals surface area contributed by atoms with Crippen molar-refractivity contribution in [3.63, 3.8) is 0 Å². The third-order valence-corrected chi connectivity index (χ3v) is 3.34. The minimum atomic E-state index is -6.00. The van der Waals surface area contributed by atoms with Gasteiger partial charge in [-0.05, 0) is 55.4 Å². The van der Waals surface area contributed by atoms with Crippen molar-refractivity contribution in [2.75, 3.05) is 0 Å². The van der Waals surface area contributed by atoms with E-state index in [1.54, 1.807) is 0 Å². The maximum absolute atomic E-state index is 9.75. The lowest BCUT2D eigenvalue weighted by Gasteiger charge is -2.30. The molecule has 1 aliphatic rings. The average Bonchev–Trinajstić information content (AvgIpc) is 2.91. The van der Waals surface area contributed by atoms with E-state index in [1.165, 1.54) is 5.70 Å². The summed E-state index contributed by atoms with van der Waals surface area (Å²) in [4.78, 5) is 5.02. The SMILES string of the molecule is CC(C)N(C1=[C+]C1N(C(C)C)C(C)C)C(C)C.F[B-](F)(F)F. The summed E-state index contributed by atoms with van der Waals surface area (Å²) in [7, 11) is -6.00. The molecule has 0 aliphatic heterocycles. The Kier molecular flexibility index (Phi) is 7.86. The molecule has 0 amide bonds. The highest BCUT2D eigenvalue weighted by molar-refractivity contribution is 6.50. The predicted molar refractivity (Wildman–Crippen MR) is 85.0 cm³/mol. The Hall–Kier alpha value is -0.805. The van der Waals surface area contributed by atoms with Crippen LogP contribution in [0.25, 0.3) is 0 Å². The average molecular weight is 324 g/mol. The van der Waals surface area contributed by atoms with E-state index in [1.807, 2.05) is 0 Å². The summed E-state index contributed by atoms with van der Waals surface area (Å²) in [5.41, 5.74) is 1.40. The van der Waals surface area contributed by atoms with Gasteiger partial charge in [-0.15, -0.1) is 0 Å². The molecule has 2 nitrogen and oxygen atoms in total. The van der Waals surface area contributed by atoms with E-state index in [4.69, 9.17) is 0 Å². The molecule has 0 fully saturated rings. The summed E-state index contributed by atoms with van der Waals surface area (Å²) >= 11 is 0. The fourth-order valence-electron chi connectivity index (χ4n) is 2.88. The van der Waals surface area contributed by atoms with Crippen LogP contribution in [0.3, 0.4) is 0 Å². The topological polar surface area (TPSA) is 6.48 Å². The molecule has 0 radical (unpaired) electrons. The molecule has 0 aromatic rings. The second-order valence-electron chi connectivity index (χ2n) is 6.66. The largest absolute Gasteiger partial charge is 0.673 e. The molecule has 0 spiro atoms. The van der Waals surface area contributed by atoms with Crippen LogP contribution >= 0.6 is 0 Å². The van der Waals surface area contributed by atoms with Crippen LogP contribution in [0.2, 0.25) is 0 Å². The molecule has 0 saturated heterocycles. The van der Waals surface area contributed by atoms with Crippen LogP contribution in [0.4, 0.5) is 17.3 Å². The van der Waals surface area contributed by atoms with E-state index in [0.29, 0.717) is 30.2 Å². The minimum absolute atomic E-state index is 0.444. The van der Waals surface area contributed by atoms with Gasteiger partial charge in [-0.1, -0.05) is 0 Å². The first-order valence-electron chi connectivity index (χ1n) is 7.83. The Morgan fingerprint density at radius 2 is 1.09 bits per heavy atom. The molecule has 22 heavy (non-hydrogen) atoms. The van der Waals surface area contributed by atoms with Crippen LogP contribution in [-0.2, 0) is 0 Å². The van der Waals surface area contributed by atoms with Gasteiger partial charge in [0.2, 0.25) is 0 Å². The number of halogens is 4. The van der Waals surface area contributed by atoms with E-state index in [0.717, 1.165) is 0 Å². The fourth-order valence-corrected chi connectivity index (χ4v) is 2.88. The van der Waals surface area contributed by atoms with Crippen molar-refractivity contribution < 1.29 is 17.3 Å². The number of hydrogen-bond acceptors (Lipinski definition) is 2. The van der Waals surface area contributed by atoms with Crippen molar-refractivity contribution in [3.05, 3.63) is 11.8 Å². The van der Waals surface area contributed by atoms with Crippen molar-refractivity contribution in [1.29, 1.82) is 0 Å². The lowest BCUT2D eigenvalue weighted by Crippen LogP contribution is -2.44. The lowest BCUT2D eigenvalue weighted by atomic mass is 10.2. The Bertz CT molecular complexity index is 343. The van der Waals surface area contributed by atoms with Gasteiger partial charge in [0.15, 0.2) is 0 Å². The fraction of sp³-hybridized carbons (Fsp3) is 0.867. The Labute approximate surface area is 132 Å². The normalized spacial score (nSPS) is 17.7. The van der Waals surface area contributed by atoms with Gasteiger partial charge in [0.05, 0.1) is 0 Å². The standard InChI is InChI=1S/C15H29N2.BF4/c1-10(2)16(11(3)4)14-9-15(14)17(12(5)6)13(7)8;2-1(3,4)5/h10-14H,1-8H3;/q+1;-1. The molecule has 0 saturated carbocycles. The quantitative estimate of drug-likeness (QED) is 0.400. The van der Waals surface area contributed by atoms with Gasteiger partial charge < -0.3 is 22.2 Å². The van der Waals surface area contributed by atoms with Crippen molar-refractivity contribution >= 4 is 7.25 Å². The van der Waals surface area contributed by atoms with Crippen molar-refractivity contribution in [2.45, 2.75) is 85.6 Å². The van der Waals surface area contributed by atoms with Crippen molar-refractivity contribution in [1.82, 2.24) is 9.80 Å². The van der Waals surface area contributed by atoms with E-state index in [-0.39, 0.29) is 0 Å². The molecule has 0 heterocycles. The van der Waals surface area contributed by atoms with Crippen LogP contribution in [-0.4, -0.2) is 47.3 Å². The van der Waals surface area contributed by atoms with Gasteiger partial charge in [0.1, 0.15) is 0 Å². The summed E-state index contributed by atoms with van der Waals surface area (Å²) in [5.74, 6) is 0. The molecule has 7 heteroatoms. The molecule has 0 aromatic carbocycles. The van der Waals surface area contributed by atoms with Gasteiger partial charge in [-0.3, -0.25) is 0 Å². The monoisotopic (exact) mass is 324 g/mol. The maximum Gasteiger partial charge on any atom is 0.673 e. The second-order valence-corrected chi connectivity index (χ2v) is 6.66. The zero-order valence-electron chi connectivity index (χ0n) is 14.9. The molecular weight excluding hydrogens is 295 g/mol. The number of nitrogens with zero attached hydrogens (tertiary/aromatic N) is 2. The highest BCUT2D eigenvalue weighted by Gasteiger charge is 2.57. The van der Waals surface area contributed by atoms with Crippen molar-refractivity contribution in [3.8, 4) is 0 Å². The van der Waals surface area contributed by atoms with E-state index < -0.39 is 7.25 Å². The smallest absolute Gasteiger partial charge is 0.418 e. The minimum Gasteiger partial charge on any atom is -0.418 e. The Morgan fingerprint density at radius 3 is 1.32 bits per heavy atom. The second kappa shape index (κ2) is 8.16. The Morgan fingerprint density at radius 1 is 0.773 bits per heavy atom. The molecular formula is C15H29BF4N2. The third kappa shape index (κ3) is 7.46. The molecule has 0 bridgehead atoms. The van der Waals surface area contributed by atoms with Gasteiger partial charge in [-0.25, -0.2) is 4.90 Å². The summed E-state index contributed by atoms with van der Waals surface area (Å²) in [6.07, 6.45) is 3.56. The molecule has 1 aliphatic carbocycles. The van der Waals surface area contributed by atoms with Crippen LogP contribution in [0.1, 0.15) is 55.4 Å². The molecule has 130 valence electrons. The molecule has 1 atom stereocenters. The van der Waals surface area contributed by atoms with E-state index >= 15 is 0 Å². The van der Waals surface area contributed by atoms with Gasteiger partial charge in [-0.2, -0.15) is 0 Å². The molecule has 0 N–H and O–H groups in total. The summed E-state index contributed by atoms with van der Waals surface area (Å²) in [6.45, 7) is 18.1. The van der Waals surface area contributed by atoms with Gasteiger partial charge >= 0.3 is 19.0 Å². The highest BCUT2D eigenvalue weighted by atomic mass is 19.5. The zero-order valence-corrected chi connectivity index (χ0v) is 14.9. The van der Waals surface area contributed by atoms with Crippen LogP contribution in [0, 0.1) is 6.08 Å². The Balaban J connectivity index is 0.000000763. The third-order valence-electron chi connectivity index (χ3n) is 3.34. The molecule has 1 unspecified atom stereocenters.